The number of likely N-dealkylation sites (tertiary alicyclic amines) is 1. The first-order valence-corrected chi connectivity index (χ1v) is 7.22. The molecule has 1 aliphatic heterocycles. The van der Waals surface area contributed by atoms with Crippen molar-refractivity contribution >= 4 is 5.91 Å². The van der Waals surface area contributed by atoms with Gasteiger partial charge in [0.15, 0.2) is 0 Å². The van der Waals surface area contributed by atoms with Crippen molar-refractivity contribution in [3.63, 3.8) is 0 Å². The van der Waals surface area contributed by atoms with Gasteiger partial charge < -0.3 is 15.7 Å². The summed E-state index contributed by atoms with van der Waals surface area (Å²) in [5, 5.41) is 10.6. The van der Waals surface area contributed by atoms with E-state index >= 15 is 0 Å². The fraction of sp³-hybridized carbons (Fsp3) is 0.929. The van der Waals surface area contributed by atoms with Crippen LogP contribution in [0.2, 0.25) is 0 Å². The molecule has 4 nitrogen and oxygen atoms in total. The molecular weight excluding hydrogens is 228 g/mol. The molecule has 1 heterocycles. The van der Waals surface area contributed by atoms with Crippen LogP contribution < -0.4 is 5.73 Å². The first-order valence-electron chi connectivity index (χ1n) is 7.22. The molecule has 1 saturated heterocycles. The summed E-state index contributed by atoms with van der Waals surface area (Å²) in [6.07, 6.45) is 5.81. The van der Waals surface area contributed by atoms with Crippen molar-refractivity contribution in [2.24, 2.45) is 17.6 Å². The van der Waals surface area contributed by atoms with E-state index in [4.69, 9.17) is 5.73 Å². The van der Waals surface area contributed by atoms with Gasteiger partial charge in [0.2, 0.25) is 5.91 Å². The van der Waals surface area contributed by atoms with Crippen LogP contribution in [0.5, 0.6) is 0 Å². The minimum Gasteiger partial charge on any atom is -0.389 e. The molecule has 0 radical (unpaired) electrons. The van der Waals surface area contributed by atoms with Crippen molar-refractivity contribution < 1.29 is 9.90 Å². The van der Waals surface area contributed by atoms with E-state index in [0.717, 1.165) is 64.1 Å². The summed E-state index contributed by atoms with van der Waals surface area (Å²) in [6.45, 7) is 4.82. The molecule has 0 bridgehead atoms. The summed E-state index contributed by atoms with van der Waals surface area (Å²) in [7, 11) is 0. The Bertz CT molecular complexity index is 290. The third-order valence-electron chi connectivity index (χ3n) is 4.71. The van der Waals surface area contributed by atoms with Crippen molar-refractivity contribution in [2.75, 3.05) is 19.6 Å². The highest BCUT2D eigenvalue weighted by Gasteiger charge is 2.35. The van der Waals surface area contributed by atoms with Gasteiger partial charge in [-0.15, -0.1) is 0 Å². The summed E-state index contributed by atoms with van der Waals surface area (Å²) >= 11 is 0. The summed E-state index contributed by atoms with van der Waals surface area (Å²) in [4.78, 5) is 13.4. The van der Waals surface area contributed by atoms with Crippen molar-refractivity contribution in [2.45, 2.75) is 51.0 Å². The van der Waals surface area contributed by atoms with E-state index in [-0.39, 0.29) is 11.8 Å². The van der Waals surface area contributed by atoms with Gasteiger partial charge in [-0.25, -0.2) is 0 Å². The molecule has 0 aromatic carbocycles. The summed E-state index contributed by atoms with van der Waals surface area (Å²) in [6, 6.07) is 0. The first-order chi connectivity index (χ1) is 8.48. The van der Waals surface area contributed by atoms with Gasteiger partial charge in [0.05, 0.1) is 5.60 Å². The molecule has 0 atom stereocenters. The number of rotatable bonds is 3. The molecule has 0 unspecified atom stereocenters. The standard InChI is InChI=1S/C14H26N2O2/c1-11-2-6-14(18,7-3-11)10-16-8-4-12(5-9-16)13(15)17/h11-12,18H,2-10H2,1H3,(H2,15,17). The number of hydrogen-bond acceptors (Lipinski definition) is 3. The van der Waals surface area contributed by atoms with E-state index in [1.807, 2.05) is 0 Å². The number of nitrogens with two attached hydrogens (primary N) is 1. The Hall–Kier alpha value is -0.610. The molecule has 2 aliphatic rings. The van der Waals surface area contributed by atoms with Crippen LogP contribution in [0.25, 0.3) is 0 Å². The fourth-order valence-corrected chi connectivity index (χ4v) is 3.25. The van der Waals surface area contributed by atoms with Crippen LogP contribution in [-0.2, 0) is 4.79 Å². The zero-order valence-corrected chi connectivity index (χ0v) is 11.4. The summed E-state index contributed by atoms with van der Waals surface area (Å²) < 4.78 is 0. The molecule has 104 valence electrons. The largest absolute Gasteiger partial charge is 0.389 e. The van der Waals surface area contributed by atoms with Crippen molar-refractivity contribution in [1.29, 1.82) is 0 Å². The van der Waals surface area contributed by atoms with Gasteiger partial charge in [-0.2, -0.15) is 0 Å². The van der Waals surface area contributed by atoms with Gasteiger partial charge in [-0.05, 0) is 57.5 Å². The third kappa shape index (κ3) is 3.45. The predicted molar refractivity (Wildman–Crippen MR) is 70.9 cm³/mol. The topological polar surface area (TPSA) is 66.6 Å². The zero-order chi connectivity index (χ0) is 13.2. The summed E-state index contributed by atoms with van der Waals surface area (Å²) in [5.74, 6) is 0.632. The van der Waals surface area contributed by atoms with Crippen LogP contribution in [0.15, 0.2) is 0 Å². The van der Waals surface area contributed by atoms with E-state index in [2.05, 4.69) is 11.8 Å². The number of nitrogens with zero attached hydrogens (tertiary/aromatic N) is 1. The van der Waals surface area contributed by atoms with Gasteiger partial charge >= 0.3 is 0 Å². The fourth-order valence-electron chi connectivity index (χ4n) is 3.25. The minimum atomic E-state index is -0.494. The highest BCUT2D eigenvalue weighted by molar-refractivity contribution is 5.76. The van der Waals surface area contributed by atoms with Crippen LogP contribution in [-0.4, -0.2) is 41.1 Å². The van der Waals surface area contributed by atoms with Gasteiger partial charge in [-0.3, -0.25) is 4.79 Å². The Morgan fingerprint density at radius 2 is 1.83 bits per heavy atom. The Labute approximate surface area is 110 Å². The second-order valence-electron chi connectivity index (χ2n) is 6.36. The molecule has 4 heteroatoms. The van der Waals surface area contributed by atoms with Gasteiger partial charge in [0, 0.05) is 12.5 Å². The van der Waals surface area contributed by atoms with Crippen molar-refractivity contribution in [1.82, 2.24) is 4.90 Å². The second kappa shape index (κ2) is 5.57. The molecule has 2 rings (SSSR count). The number of piperidine rings is 1. The maximum absolute atomic E-state index is 11.1. The molecular formula is C14H26N2O2. The highest BCUT2D eigenvalue weighted by atomic mass is 16.3. The molecule has 2 fully saturated rings. The lowest BCUT2D eigenvalue weighted by Gasteiger charge is -2.40. The number of amides is 1. The molecule has 0 aromatic rings. The first kappa shape index (κ1) is 13.8. The smallest absolute Gasteiger partial charge is 0.220 e. The van der Waals surface area contributed by atoms with Crippen LogP contribution in [0.4, 0.5) is 0 Å². The number of primary amides is 1. The summed E-state index contributed by atoms with van der Waals surface area (Å²) in [5.41, 5.74) is 4.84. The van der Waals surface area contributed by atoms with Gasteiger partial charge in [0.25, 0.3) is 0 Å². The van der Waals surface area contributed by atoms with E-state index in [1.165, 1.54) is 0 Å². The zero-order valence-electron chi connectivity index (χ0n) is 11.4. The van der Waals surface area contributed by atoms with Crippen molar-refractivity contribution in [3.8, 4) is 0 Å². The predicted octanol–water partition coefficient (Wildman–Crippen LogP) is 1.12. The quantitative estimate of drug-likeness (QED) is 0.793. The molecule has 0 spiro atoms. The lowest BCUT2D eigenvalue weighted by atomic mass is 9.79. The Morgan fingerprint density at radius 3 is 2.33 bits per heavy atom. The monoisotopic (exact) mass is 254 g/mol. The molecule has 1 amide bonds. The van der Waals surface area contributed by atoms with E-state index in [9.17, 15) is 9.90 Å². The Balaban J connectivity index is 1.79. The van der Waals surface area contributed by atoms with Crippen molar-refractivity contribution in [3.05, 3.63) is 0 Å². The third-order valence-corrected chi connectivity index (χ3v) is 4.71. The molecule has 1 saturated carbocycles. The maximum Gasteiger partial charge on any atom is 0.220 e. The van der Waals surface area contributed by atoms with E-state index in [0.29, 0.717) is 0 Å². The number of hydrogen-bond donors (Lipinski definition) is 2. The average molecular weight is 254 g/mol. The number of carbonyl (C=O) groups is 1. The number of β-amino-alcohol motifs (C(OH)–C–C–N with tert-alkyl or cyclic N) is 1. The average Bonchev–Trinajstić information content (AvgIpc) is 2.34. The van der Waals surface area contributed by atoms with Gasteiger partial charge in [0.1, 0.15) is 0 Å². The van der Waals surface area contributed by atoms with E-state index < -0.39 is 5.60 Å². The van der Waals surface area contributed by atoms with Crippen LogP contribution in [0.3, 0.4) is 0 Å². The molecule has 3 N–H and O–H groups in total. The van der Waals surface area contributed by atoms with Crippen LogP contribution in [0.1, 0.15) is 45.4 Å². The van der Waals surface area contributed by atoms with Crippen LogP contribution >= 0.6 is 0 Å². The minimum absolute atomic E-state index is 0.0438. The highest BCUT2D eigenvalue weighted by Crippen LogP contribution is 2.33. The number of carbonyl (C=O) groups excluding carboxylic acids is 1. The molecule has 1 aliphatic carbocycles. The van der Waals surface area contributed by atoms with E-state index in [1.54, 1.807) is 0 Å². The Morgan fingerprint density at radius 1 is 1.28 bits per heavy atom. The Kier molecular flexibility index (Phi) is 4.28. The van der Waals surface area contributed by atoms with Crippen LogP contribution in [0, 0.1) is 11.8 Å². The second-order valence-corrected chi connectivity index (χ2v) is 6.36. The lowest BCUT2D eigenvalue weighted by Crippen LogP contribution is -2.48. The SMILES string of the molecule is CC1CCC(O)(CN2CCC(C(N)=O)CC2)CC1. The lowest BCUT2D eigenvalue weighted by molar-refractivity contribution is -0.123. The number of aliphatic hydroxyl groups is 1. The molecule has 18 heavy (non-hydrogen) atoms. The van der Waals surface area contributed by atoms with Gasteiger partial charge in [-0.1, -0.05) is 6.92 Å². The molecule has 0 aromatic heterocycles. The maximum atomic E-state index is 11.1. The normalized spacial score (nSPS) is 35.6.